The standard InChI is InChI=1S/C20H19ClFN5O2/c21-11-5-12-13(7-24-17(12)23-6-11)18-25-8-14(22)19(27-18)26-15-4-9-1-2-10(3-9)16(15)20(28)29/h5-10,15-16H,1-4H2,(H,23,24)(H,28,29)(H,25,26,27)/t9-,10+,15?,16?/m0/s1. The van der Waals surface area contributed by atoms with Gasteiger partial charge in [-0.05, 0) is 37.2 Å². The van der Waals surface area contributed by atoms with Crippen LogP contribution in [0.1, 0.15) is 25.7 Å². The third-order valence-corrected chi connectivity index (χ3v) is 6.41. The number of carbonyl (C=O) groups is 1. The van der Waals surface area contributed by atoms with Crippen molar-refractivity contribution in [3.05, 3.63) is 35.5 Å². The van der Waals surface area contributed by atoms with E-state index in [1.165, 1.54) is 6.20 Å². The molecular weight excluding hydrogens is 397 g/mol. The quantitative estimate of drug-likeness (QED) is 0.592. The molecule has 2 bridgehead atoms. The Balaban J connectivity index is 1.50. The van der Waals surface area contributed by atoms with Crippen molar-refractivity contribution in [2.75, 3.05) is 5.32 Å². The SMILES string of the molecule is O=C(O)C1C(Nc2nc(-c3c[nH]c4ncc(Cl)cc34)ncc2F)C[C@H]2CC[C@@H]1C2. The van der Waals surface area contributed by atoms with E-state index in [9.17, 15) is 14.3 Å². The maximum Gasteiger partial charge on any atom is 0.308 e. The number of H-pyrrole nitrogens is 1. The molecule has 3 aromatic heterocycles. The number of aliphatic carboxylic acids is 1. The number of aromatic amines is 1. The molecule has 3 N–H and O–H groups in total. The van der Waals surface area contributed by atoms with E-state index < -0.39 is 17.7 Å². The molecular formula is C20H19ClFN5O2. The molecule has 29 heavy (non-hydrogen) atoms. The van der Waals surface area contributed by atoms with Crippen LogP contribution in [0.5, 0.6) is 0 Å². The number of hydrogen-bond donors (Lipinski definition) is 3. The van der Waals surface area contributed by atoms with Gasteiger partial charge in [0.25, 0.3) is 0 Å². The zero-order chi connectivity index (χ0) is 20.1. The van der Waals surface area contributed by atoms with Crippen molar-refractivity contribution in [1.82, 2.24) is 19.9 Å². The van der Waals surface area contributed by atoms with Gasteiger partial charge < -0.3 is 15.4 Å². The second-order valence-corrected chi connectivity index (χ2v) is 8.37. The van der Waals surface area contributed by atoms with Gasteiger partial charge >= 0.3 is 5.97 Å². The first-order chi connectivity index (χ1) is 14.0. The van der Waals surface area contributed by atoms with Crippen LogP contribution in [0.4, 0.5) is 10.2 Å². The molecule has 3 heterocycles. The summed E-state index contributed by atoms with van der Waals surface area (Å²) in [4.78, 5) is 27.6. The van der Waals surface area contributed by atoms with Crippen molar-refractivity contribution >= 4 is 34.4 Å². The summed E-state index contributed by atoms with van der Waals surface area (Å²) in [6.45, 7) is 0. The van der Waals surface area contributed by atoms with Crippen LogP contribution in [-0.2, 0) is 4.79 Å². The van der Waals surface area contributed by atoms with Crippen LogP contribution < -0.4 is 5.32 Å². The minimum Gasteiger partial charge on any atom is -0.481 e. The highest BCUT2D eigenvalue weighted by atomic mass is 35.5. The van der Waals surface area contributed by atoms with Gasteiger partial charge in [-0.1, -0.05) is 18.0 Å². The van der Waals surface area contributed by atoms with E-state index in [-0.39, 0.29) is 17.8 Å². The molecule has 2 fully saturated rings. The fraction of sp³-hybridized carbons (Fsp3) is 0.400. The Morgan fingerprint density at radius 3 is 2.97 bits per heavy atom. The van der Waals surface area contributed by atoms with Crippen LogP contribution in [0, 0.1) is 23.6 Å². The third-order valence-electron chi connectivity index (χ3n) is 6.20. The van der Waals surface area contributed by atoms with E-state index in [2.05, 4.69) is 25.3 Å². The summed E-state index contributed by atoms with van der Waals surface area (Å²) < 4.78 is 14.5. The predicted octanol–water partition coefficient (Wildman–Crippen LogP) is 4.11. The van der Waals surface area contributed by atoms with Crippen LogP contribution in [0.25, 0.3) is 22.4 Å². The molecule has 7 nitrogen and oxygen atoms in total. The van der Waals surface area contributed by atoms with E-state index in [0.29, 0.717) is 34.4 Å². The summed E-state index contributed by atoms with van der Waals surface area (Å²) in [6, 6.07) is 1.39. The molecule has 5 rings (SSSR count). The molecule has 2 aliphatic carbocycles. The molecule has 2 saturated carbocycles. The summed E-state index contributed by atoms with van der Waals surface area (Å²) in [7, 11) is 0. The molecule has 0 amide bonds. The smallest absolute Gasteiger partial charge is 0.308 e. The summed E-state index contributed by atoms with van der Waals surface area (Å²) >= 11 is 6.05. The molecule has 0 saturated heterocycles. The minimum absolute atomic E-state index is 0.0249. The molecule has 0 aliphatic heterocycles. The van der Waals surface area contributed by atoms with E-state index in [1.54, 1.807) is 12.3 Å². The van der Waals surface area contributed by atoms with Gasteiger partial charge in [-0.2, -0.15) is 0 Å². The topological polar surface area (TPSA) is 104 Å². The lowest BCUT2D eigenvalue weighted by Crippen LogP contribution is -2.42. The van der Waals surface area contributed by atoms with Crippen LogP contribution in [0.3, 0.4) is 0 Å². The predicted molar refractivity (Wildman–Crippen MR) is 106 cm³/mol. The number of anilines is 1. The Kier molecular flexibility index (Phi) is 4.38. The zero-order valence-corrected chi connectivity index (χ0v) is 16.2. The molecule has 9 heteroatoms. The maximum atomic E-state index is 14.5. The average molecular weight is 416 g/mol. The van der Waals surface area contributed by atoms with Gasteiger partial charge in [0.2, 0.25) is 0 Å². The Morgan fingerprint density at radius 2 is 2.14 bits per heavy atom. The van der Waals surface area contributed by atoms with Crippen LogP contribution >= 0.6 is 11.6 Å². The molecule has 0 radical (unpaired) electrons. The van der Waals surface area contributed by atoms with Crippen molar-refractivity contribution in [1.29, 1.82) is 0 Å². The molecule has 2 aliphatic rings. The molecule has 4 atom stereocenters. The van der Waals surface area contributed by atoms with E-state index in [4.69, 9.17) is 11.6 Å². The average Bonchev–Trinajstić information content (AvgIpc) is 3.27. The van der Waals surface area contributed by atoms with Gasteiger partial charge in [-0.3, -0.25) is 4.79 Å². The number of carboxylic acid groups (broad SMARTS) is 1. The number of nitrogens with one attached hydrogen (secondary N) is 2. The third kappa shape index (κ3) is 3.21. The van der Waals surface area contributed by atoms with E-state index >= 15 is 0 Å². The highest BCUT2D eigenvalue weighted by Crippen LogP contribution is 2.46. The highest BCUT2D eigenvalue weighted by molar-refractivity contribution is 6.31. The van der Waals surface area contributed by atoms with E-state index in [0.717, 1.165) is 30.8 Å². The van der Waals surface area contributed by atoms with Gasteiger partial charge in [0.05, 0.1) is 17.1 Å². The summed E-state index contributed by atoms with van der Waals surface area (Å²) in [5, 5.41) is 14.0. The Labute approximate surface area is 170 Å². The van der Waals surface area contributed by atoms with Gasteiger partial charge in [0.1, 0.15) is 5.65 Å². The summed E-state index contributed by atoms with van der Waals surface area (Å²) in [6.07, 6.45) is 7.94. The Hall–Kier alpha value is -2.74. The first-order valence-electron chi connectivity index (χ1n) is 9.64. The second-order valence-electron chi connectivity index (χ2n) is 7.93. The van der Waals surface area contributed by atoms with Crippen molar-refractivity contribution in [2.24, 2.45) is 17.8 Å². The second kappa shape index (κ2) is 6.95. The number of carboxylic acids is 1. The largest absolute Gasteiger partial charge is 0.481 e. The van der Waals surface area contributed by atoms with Crippen molar-refractivity contribution < 1.29 is 14.3 Å². The van der Waals surface area contributed by atoms with Crippen molar-refractivity contribution in [3.63, 3.8) is 0 Å². The fourth-order valence-corrected chi connectivity index (χ4v) is 5.11. The van der Waals surface area contributed by atoms with Gasteiger partial charge in [0.15, 0.2) is 17.5 Å². The molecule has 3 aromatic rings. The zero-order valence-electron chi connectivity index (χ0n) is 15.4. The van der Waals surface area contributed by atoms with Gasteiger partial charge in [0, 0.05) is 29.4 Å². The van der Waals surface area contributed by atoms with E-state index in [1.807, 2.05) is 0 Å². The highest BCUT2D eigenvalue weighted by Gasteiger charge is 2.45. The number of aromatic nitrogens is 4. The van der Waals surface area contributed by atoms with Gasteiger partial charge in [-0.15, -0.1) is 0 Å². The lowest BCUT2D eigenvalue weighted by molar-refractivity contribution is -0.145. The summed E-state index contributed by atoms with van der Waals surface area (Å²) in [5.41, 5.74) is 1.28. The fourth-order valence-electron chi connectivity index (χ4n) is 4.95. The first kappa shape index (κ1) is 18.3. The number of halogens is 2. The van der Waals surface area contributed by atoms with Crippen molar-refractivity contribution in [3.8, 4) is 11.4 Å². The minimum atomic E-state index is -0.833. The number of nitrogens with zero attached hydrogens (tertiary/aromatic N) is 3. The molecule has 150 valence electrons. The molecule has 0 spiro atoms. The van der Waals surface area contributed by atoms with Gasteiger partial charge in [-0.25, -0.2) is 19.3 Å². The number of hydrogen-bond acceptors (Lipinski definition) is 5. The molecule has 2 unspecified atom stereocenters. The Morgan fingerprint density at radius 1 is 1.28 bits per heavy atom. The van der Waals surface area contributed by atoms with Crippen LogP contribution in [-0.4, -0.2) is 37.1 Å². The maximum absolute atomic E-state index is 14.5. The monoisotopic (exact) mass is 415 g/mol. The normalized spacial score (nSPS) is 26.0. The first-order valence-corrected chi connectivity index (χ1v) is 10.0. The summed E-state index contributed by atoms with van der Waals surface area (Å²) in [5.74, 6) is -1.02. The van der Waals surface area contributed by atoms with Crippen molar-refractivity contribution in [2.45, 2.75) is 31.7 Å². The van der Waals surface area contributed by atoms with Crippen LogP contribution in [0.15, 0.2) is 24.7 Å². The lowest BCUT2D eigenvalue weighted by Gasteiger charge is -2.34. The number of rotatable bonds is 4. The van der Waals surface area contributed by atoms with Crippen LogP contribution in [0.2, 0.25) is 5.02 Å². The molecule has 0 aromatic carbocycles. The Bertz CT molecular complexity index is 1100. The number of fused-ring (bicyclic) bond motifs is 3. The number of pyridine rings is 1. The lowest BCUT2D eigenvalue weighted by atomic mass is 9.76.